The van der Waals surface area contributed by atoms with Crippen molar-refractivity contribution >= 4 is 17.5 Å². The molecule has 0 radical (unpaired) electrons. The number of amides is 2. The van der Waals surface area contributed by atoms with E-state index in [1.165, 1.54) is 12.5 Å². The third kappa shape index (κ3) is 5.58. The van der Waals surface area contributed by atoms with Gasteiger partial charge in [-0.25, -0.2) is 0 Å². The molecule has 0 aliphatic heterocycles. The molecule has 4 heteroatoms. The molecule has 0 saturated heterocycles. The second-order valence-electron chi connectivity index (χ2n) is 5.66. The number of carbonyl (C=O) groups excluding carboxylic acids is 2. The highest BCUT2D eigenvalue weighted by Crippen LogP contribution is 2.10. The van der Waals surface area contributed by atoms with Gasteiger partial charge >= 0.3 is 0 Å². The van der Waals surface area contributed by atoms with E-state index in [0.29, 0.717) is 11.3 Å². The molecule has 4 nitrogen and oxygen atoms in total. The van der Waals surface area contributed by atoms with E-state index in [9.17, 15) is 9.59 Å². The molecule has 120 valence electrons. The van der Waals surface area contributed by atoms with Crippen molar-refractivity contribution in [2.45, 2.75) is 32.7 Å². The first-order chi connectivity index (χ1) is 11.0. The lowest BCUT2D eigenvalue weighted by atomic mass is 10.1. The Kier molecular flexibility index (Phi) is 5.92. The summed E-state index contributed by atoms with van der Waals surface area (Å²) in [7, 11) is 0. The first kappa shape index (κ1) is 16.7. The average molecular weight is 310 g/mol. The third-order valence-electron chi connectivity index (χ3n) is 3.55. The first-order valence-corrected chi connectivity index (χ1v) is 7.77. The van der Waals surface area contributed by atoms with E-state index in [2.05, 4.69) is 22.8 Å². The van der Waals surface area contributed by atoms with Crippen molar-refractivity contribution in [1.29, 1.82) is 0 Å². The van der Waals surface area contributed by atoms with Crippen LogP contribution in [0, 0.1) is 0 Å². The fraction of sp³-hybridized carbons (Fsp3) is 0.263. The minimum atomic E-state index is -0.128. The van der Waals surface area contributed by atoms with Gasteiger partial charge in [0.2, 0.25) is 5.91 Å². The molecule has 0 fully saturated rings. The second kappa shape index (κ2) is 8.13. The van der Waals surface area contributed by atoms with Gasteiger partial charge in [-0.05, 0) is 49.6 Å². The number of hydrogen-bond donors (Lipinski definition) is 2. The van der Waals surface area contributed by atoms with E-state index in [0.717, 1.165) is 12.8 Å². The molecule has 0 aliphatic rings. The first-order valence-electron chi connectivity index (χ1n) is 7.77. The number of carbonyl (C=O) groups is 2. The van der Waals surface area contributed by atoms with Crippen LogP contribution >= 0.6 is 0 Å². The lowest BCUT2D eigenvalue weighted by Crippen LogP contribution is -2.32. The maximum Gasteiger partial charge on any atom is 0.251 e. The van der Waals surface area contributed by atoms with Crippen LogP contribution < -0.4 is 10.6 Å². The maximum atomic E-state index is 12.2. The quantitative estimate of drug-likeness (QED) is 0.859. The van der Waals surface area contributed by atoms with Gasteiger partial charge in [0.25, 0.3) is 5.91 Å². The smallest absolute Gasteiger partial charge is 0.251 e. The number of benzene rings is 2. The number of nitrogens with one attached hydrogen (secondary N) is 2. The maximum absolute atomic E-state index is 12.2. The van der Waals surface area contributed by atoms with Gasteiger partial charge in [-0.1, -0.05) is 30.3 Å². The fourth-order valence-electron chi connectivity index (χ4n) is 2.32. The van der Waals surface area contributed by atoms with E-state index in [1.54, 1.807) is 24.3 Å². The van der Waals surface area contributed by atoms with Crippen LogP contribution in [-0.4, -0.2) is 17.9 Å². The molecule has 1 unspecified atom stereocenters. The molecule has 0 bridgehead atoms. The second-order valence-corrected chi connectivity index (χ2v) is 5.66. The van der Waals surface area contributed by atoms with Gasteiger partial charge in [0.15, 0.2) is 0 Å². The zero-order valence-corrected chi connectivity index (χ0v) is 13.5. The van der Waals surface area contributed by atoms with Crippen molar-refractivity contribution in [1.82, 2.24) is 5.32 Å². The predicted molar refractivity (Wildman–Crippen MR) is 92.4 cm³/mol. The number of aryl methyl sites for hydroxylation is 1. The molecule has 23 heavy (non-hydrogen) atoms. The van der Waals surface area contributed by atoms with Crippen LogP contribution in [-0.2, 0) is 11.2 Å². The molecule has 0 heterocycles. The van der Waals surface area contributed by atoms with E-state index in [1.807, 2.05) is 25.1 Å². The van der Waals surface area contributed by atoms with Crippen molar-refractivity contribution < 1.29 is 9.59 Å². The van der Waals surface area contributed by atoms with Gasteiger partial charge in [0.1, 0.15) is 0 Å². The molecule has 2 aromatic rings. The summed E-state index contributed by atoms with van der Waals surface area (Å²) in [6.07, 6.45) is 1.82. The largest absolute Gasteiger partial charge is 0.350 e. The van der Waals surface area contributed by atoms with E-state index in [4.69, 9.17) is 0 Å². The lowest BCUT2D eigenvalue weighted by Gasteiger charge is -2.14. The Bertz CT molecular complexity index is 651. The fourth-order valence-corrected chi connectivity index (χ4v) is 2.32. The Morgan fingerprint density at radius 2 is 1.65 bits per heavy atom. The Morgan fingerprint density at radius 3 is 2.26 bits per heavy atom. The average Bonchev–Trinajstić information content (AvgIpc) is 2.54. The summed E-state index contributed by atoms with van der Waals surface area (Å²) >= 11 is 0. The van der Waals surface area contributed by atoms with Crippen molar-refractivity contribution in [3.63, 3.8) is 0 Å². The molecule has 2 N–H and O–H groups in total. The summed E-state index contributed by atoms with van der Waals surface area (Å²) in [5, 5.41) is 5.68. The zero-order valence-electron chi connectivity index (χ0n) is 13.5. The zero-order chi connectivity index (χ0) is 16.7. The molecule has 1 atom stereocenters. The van der Waals surface area contributed by atoms with Crippen molar-refractivity contribution in [2.75, 3.05) is 5.32 Å². The molecular formula is C19H22N2O2. The topological polar surface area (TPSA) is 58.2 Å². The summed E-state index contributed by atoms with van der Waals surface area (Å²) in [6, 6.07) is 17.2. The lowest BCUT2D eigenvalue weighted by molar-refractivity contribution is -0.114. The molecule has 0 aromatic heterocycles. The monoisotopic (exact) mass is 310 g/mol. The molecule has 0 spiro atoms. The van der Waals surface area contributed by atoms with Crippen molar-refractivity contribution in [3.05, 3.63) is 65.7 Å². The molecule has 0 saturated carbocycles. The van der Waals surface area contributed by atoms with Gasteiger partial charge in [0, 0.05) is 24.2 Å². The van der Waals surface area contributed by atoms with Crippen molar-refractivity contribution in [2.24, 2.45) is 0 Å². The van der Waals surface area contributed by atoms with Gasteiger partial charge < -0.3 is 10.6 Å². The number of rotatable bonds is 6. The van der Waals surface area contributed by atoms with Crippen LogP contribution in [0.25, 0.3) is 0 Å². The SMILES string of the molecule is CC(=O)Nc1ccc(C(=O)NC(C)CCc2ccccc2)cc1. The highest BCUT2D eigenvalue weighted by molar-refractivity contribution is 5.95. The summed E-state index contributed by atoms with van der Waals surface area (Å²) in [6.45, 7) is 3.46. The molecule has 2 aromatic carbocycles. The Balaban J connectivity index is 1.84. The third-order valence-corrected chi connectivity index (χ3v) is 3.55. The minimum Gasteiger partial charge on any atom is -0.350 e. The molecule has 0 aliphatic carbocycles. The van der Waals surface area contributed by atoms with E-state index < -0.39 is 0 Å². The normalized spacial score (nSPS) is 11.6. The number of anilines is 1. The van der Waals surface area contributed by atoms with Crippen molar-refractivity contribution in [3.8, 4) is 0 Å². The van der Waals surface area contributed by atoms with Gasteiger partial charge in [-0.2, -0.15) is 0 Å². The van der Waals surface area contributed by atoms with Gasteiger partial charge in [-0.15, -0.1) is 0 Å². The van der Waals surface area contributed by atoms with Crippen LogP contribution in [0.3, 0.4) is 0 Å². The molecule has 2 amide bonds. The van der Waals surface area contributed by atoms with Gasteiger partial charge in [0.05, 0.1) is 0 Å². The molecule has 2 rings (SSSR count). The summed E-state index contributed by atoms with van der Waals surface area (Å²) < 4.78 is 0. The van der Waals surface area contributed by atoms with Gasteiger partial charge in [-0.3, -0.25) is 9.59 Å². The van der Waals surface area contributed by atoms with E-state index in [-0.39, 0.29) is 17.9 Å². The Morgan fingerprint density at radius 1 is 1.00 bits per heavy atom. The summed E-state index contributed by atoms with van der Waals surface area (Å²) in [4.78, 5) is 23.2. The standard InChI is InChI=1S/C19H22N2O2/c1-14(8-9-16-6-4-3-5-7-16)20-19(23)17-10-12-18(13-11-17)21-15(2)22/h3-7,10-14H,8-9H2,1-2H3,(H,20,23)(H,21,22). The van der Waals surface area contributed by atoms with Crippen LogP contribution in [0.5, 0.6) is 0 Å². The molecular weight excluding hydrogens is 288 g/mol. The minimum absolute atomic E-state index is 0.0951. The van der Waals surface area contributed by atoms with Crippen LogP contribution in [0.2, 0.25) is 0 Å². The van der Waals surface area contributed by atoms with Crippen LogP contribution in [0.15, 0.2) is 54.6 Å². The Labute approximate surface area is 136 Å². The Hall–Kier alpha value is -2.62. The van der Waals surface area contributed by atoms with Crippen LogP contribution in [0.4, 0.5) is 5.69 Å². The number of hydrogen-bond acceptors (Lipinski definition) is 2. The highest BCUT2D eigenvalue weighted by Gasteiger charge is 2.10. The highest BCUT2D eigenvalue weighted by atomic mass is 16.2. The van der Waals surface area contributed by atoms with E-state index >= 15 is 0 Å². The summed E-state index contributed by atoms with van der Waals surface area (Å²) in [5.41, 5.74) is 2.55. The predicted octanol–water partition coefficient (Wildman–Crippen LogP) is 3.40. The summed E-state index contributed by atoms with van der Waals surface area (Å²) in [5.74, 6) is -0.225. The van der Waals surface area contributed by atoms with Crippen LogP contribution in [0.1, 0.15) is 36.2 Å².